The second-order valence-electron chi connectivity index (χ2n) is 7.37. The van der Waals surface area contributed by atoms with E-state index in [0.717, 1.165) is 45.7 Å². The highest BCUT2D eigenvalue weighted by Crippen LogP contribution is 2.32. The van der Waals surface area contributed by atoms with E-state index >= 15 is 0 Å². The number of amides is 2. The zero-order chi connectivity index (χ0) is 18.1. The van der Waals surface area contributed by atoms with E-state index in [1.54, 1.807) is 11.0 Å². The first kappa shape index (κ1) is 20.4. The van der Waals surface area contributed by atoms with Crippen LogP contribution in [0.25, 0.3) is 0 Å². The Labute approximate surface area is 171 Å². The lowest BCUT2D eigenvalue weighted by atomic mass is 10.1. The molecule has 148 valence electrons. The molecular formula is C19H26Cl2N4O2. The van der Waals surface area contributed by atoms with Gasteiger partial charge in [0.05, 0.1) is 16.6 Å². The number of hydrogen-bond donors (Lipinski definition) is 1. The number of likely N-dealkylation sites (tertiary alicyclic amines) is 1. The lowest BCUT2D eigenvalue weighted by molar-refractivity contribution is -0.135. The fourth-order valence-corrected chi connectivity index (χ4v) is 4.56. The predicted octanol–water partition coefficient (Wildman–Crippen LogP) is 1.62. The molecule has 0 saturated carbocycles. The van der Waals surface area contributed by atoms with Crippen molar-refractivity contribution in [2.24, 2.45) is 5.92 Å². The molecule has 0 aliphatic carbocycles. The molecule has 3 fully saturated rings. The molecule has 1 aromatic carbocycles. The molecule has 3 heterocycles. The minimum atomic E-state index is -0.263. The first-order chi connectivity index (χ1) is 12.6. The smallest absolute Gasteiger partial charge is 0.228 e. The molecule has 2 atom stereocenters. The Balaban J connectivity index is 0.00000210. The van der Waals surface area contributed by atoms with Crippen LogP contribution in [0.2, 0.25) is 5.02 Å². The summed E-state index contributed by atoms with van der Waals surface area (Å²) in [4.78, 5) is 31.5. The summed E-state index contributed by atoms with van der Waals surface area (Å²) in [6.07, 6.45) is 1.31. The van der Waals surface area contributed by atoms with Crippen molar-refractivity contribution in [2.45, 2.75) is 18.9 Å². The van der Waals surface area contributed by atoms with Crippen molar-refractivity contribution in [3.05, 3.63) is 29.3 Å². The SMILES string of the molecule is Cl.O=C(C1CC(=O)N(c2ccccc2Cl)C1)N1CCC(N2CCNCC2)C1. The van der Waals surface area contributed by atoms with Gasteiger partial charge in [0.25, 0.3) is 0 Å². The number of rotatable bonds is 3. The van der Waals surface area contributed by atoms with Crippen molar-refractivity contribution < 1.29 is 9.59 Å². The molecule has 3 saturated heterocycles. The van der Waals surface area contributed by atoms with Crippen LogP contribution in [0.3, 0.4) is 0 Å². The molecule has 4 rings (SSSR count). The highest BCUT2D eigenvalue weighted by molar-refractivity contribution is 6.33. The number of benzene rings is 1. The van der Waals surface area contributed by atoms with Crippen LogP contribution in [0.1, 0.15) is 12.8 Å². The Morgan fingerprint density at radius 2 is 1.85 bits per heavy atom. The van der Waals surface area contributed by atoms with Crippen molar-refractivity contribution in [3.8, 4) is 0 Å². The standard InChI is InChI=1S/C19H25ClN4O2.ClH/c20-16-3-1-2-4-17(16)24-12-14(11-18(24)25)19(26)23-8-5-15(13-23)22-9-6-21-7-10-22;/h1-4,14-15,21H,5-13H2;1H. The molecule has 2 amide bonds. The molecule has 27 heavy (non-hydrogen) atoms. The van der Waals surface area contributed by atoms with E-state index in [0.29, 0.717) is 23.3 Å². The van der Waals surface area contributed by atoms with E-state index in [4.69, 9.17) is 11.6 Å². The number of carbonyl (C=O) groups is 2. The average Bonchev–Trinajstić information content (AvgIpc) is 3.30. The minimum Gasteiger partial charge on any atom is -0.341 e. The Kier molecular flexibility index (Phi) is 6.63. The number of hydrogen-bond acceptors (Lipinski definition) is 4. The minimum absolute atomic E-state index is 0. The topological polar surface area (TPSA) is 55.9 Å². The van der Waals surface area contributed by atoms with Crippen LogP contribution in [-0.2, 0) is 9.59 Å². The van der Waals surface area contributed by atoms with Crippen molar-refractivity contribution in [2.75, 3.05) is 50.7 Å². The van der Waals surface area contributed by atoms with Crippen LogP contribution in [0.15, 0.2) is 24.3 Å². The second-order valence-corrected chi connectivity index (χ2v) is 7.78. The number of para-hydroxylation sites is 1. The Morgan fingerprint density at radius 3 is 2.59 bits per heavy atom. The van der Waals surface area contributed by atoms with Crippen molar-refractivity contribution in [3.63, 3.8) is 0 Å². The van der Waals surface area contributed by atoms with E-state index < -0.39 is 0 Å². The van der Waals surface area contributed by atoms with E-state index in [9.17, 15) is 9.59 Å². The van der Waals surface area contributed by atoms with Gasteiger partial charge in [0, 0.05) is 58.3 Å². The molecule has 3 aliphatic rings. The van der Waals surface area contributed by atoms with E-state index in [1.807, 2.05) is 23.1 Å². The summed E-state index contributed by atoms with van der Waals surface area (Å²) >= 11 is 6.23. The second kappa shape index (κ2) is 8.78. The molecule has 6 nitrogen and oxygen atoms in total. The normalized spacial score (nSPS) is 26.3. The highest BCUT2D eigenvalue weighted by atomic mass is 35.5. The third-order valence-electron chi connectivity index (χ3n) is 5.76. The lowest BCUT2D eigenvalue weighted by Gasteiger charge is -2.32. The highest BCUT2D eigenvalue weighted by Gasteiger charge is 2.40. The molecule has 0 bridgehead atoms. The molecule has 1 aromatic rings. The summed E-state index contributed by atoms with van der Waals surface area (Å²) in [6, 6.07) is 7.77. The molecule has 8 heteroatoms. The van der Waals surface area contributed by atoms with E-state index in [-0.39, 0.29) is 36.6 Å². The van der Waals surface area contributed by atoms with Crippen molar-refractivity contribution in [1.29, 1.82) is 0 Å². The number of nitrogens with one attached hydrogen (secondary N) is 1. The van der Waals surface area contributed by atoms with E-state index in [2.05, 4.69) is 10.2 Å². The maximum Gasteiger partial charge on any atom is 0.228 e. The van der Waals surface area contributed by atoms with Crippen LogP contribution in [-0.4, -0.2) is 73.5 Å². The summed E-state index contributed by atoms with van der Waals surface area (Å²) in [5, 5.41) is 3.92. The van der Waals surface area contributed by atoms with Crippen molar-refractivity contribution >= 4 is 41.5 Å². The maximum atomic E-state index is 13.0. The largest absolute Gasteiger partial charge is 0.341 e. The molecule has 2 unspecified atom stereocenters. The quantitative estimate of drug-likeness (QED) is 0.819. The van der Waals surface area contributed by atoms with Gasteiger partial charge < -0.3 is 15.1 Å². The monoisotopic (exact) mass is 412 g/mol. The van der Waals surface area contributed by atoms with Crippen LogP contribution in [0.4, 0.5) is 5.69 Å². The van der Waals surface area contributed by atoms with Gasteiger partial charge in [0.1, 0.15) is 0 Å². The fraction of sp³-hybridized carbons (Fsp3) is 0.579. The third kappa shape index (κ3) is 4.24. The Morgan fingerprint density at radius 1 is 1.11 bits per heavy atom. The number of anilines is 1. The number of carbonyl (C=O) groups excluding carboxylic acids is 2. The molecule has 0 radical (unpaired) electrons. The lowest BCUT2D eigenvalue weighted by Crippen LogP contribution is -2.49. The number of nitrogens with zero attached hydrogens (tertiary/aromatic N) is 3. The van der Waals surface area contributed by atoms with Gasteiger partial charge in [0.2, 0.25) is 11.8 Å². The number of halogens is 2. The zero-order valence-electron chi connectivity index (χ0n) is 15.3. The van der Waals surface area contributed by atoms with Gasteiger partial charge in [-0.1, -0.05) is 23.7 Å². The summed E-state index contributed by atoms with van der Waals surface area (Å²) in [5.41, 5.74) is 0.703. The van der Waals surface area contributed by atoms with Crippen LogP contribution in [0, 0.1) is 5.92 Å². The summed E-state index contributed by atoms with van der Waals surface area (Å²) in [5.74, 6) is -0.166. The van der Waals surface area contributed by atoms with Gasteiger partial charge in [-0.05, 0) is 18.6 Å². The van der Waals surface area contributed by atoms with Gasteiger partial charge in [-0.3, -0.25) is 14.5 Å². The molecule has 0 aromatic heterocycles. The summed E-state index contributed by atoms with van der Waals surface area (Å²) in [7, 11) is 0. The first-order valence-electron chi connectivity index (χ1n) is 9.42. The number of piperazine rings is 1. The molecule has 1 N–H and O–H groups in total. The van der Waals surface area contributed by atoms with Gasteiger partial charge >= 0.3 is 0 Å². The molecule has 3 aliphatic heterocycles. The van der Waals surface area contributed by atoms with Gasteiger partial charge in [-0.15, -0.1) is 12.4 Å². The summed E-state index contributed by atoms with van der Waals surface area (Å²) < 4.78 is 0. The first-order valence-corrected chi connectivity index (χ1v) is 9.80. The maximum absolute atomic E-state index is 13.0. The van der Waals surface area contributed by atoms with E-state index in [1.165, 1.54) is 0 Å². The third-order valence-corrected chi connectivity index (χ3v) is 6.08. The van der Waals surface area contributed by atoms with Gasteiger partial charge in [-0.25, -0.2) is 0 Å². The molecular weight excluding hydrogens is 387 g/mol. The van der Waals surface area contributed by atoms with Crippen LogP contribution >= 0.6 is 24.0 Å². The van der Waals surface area contributed by atoms with Crippen LogP contribution < -0.4 is 10.2 Å². The zero-order valence-corrected chi connectivity index (χ0v) is 16.8. The Bertz CT molecular complexity index is 696. The average molecular weight is 413 g/mol. The molecule has 0 spiro atoms. The van der Waals surface area contributed by atoms with Crippen molar-refractivity contribution in [1.82, 2.24) is 15.1 Å². The predicted molar refractivity (Wildman–Crippen MR) is 109 cm³/mol. The van der Waals surface area contributed by atoms with Crippen LogP contribution in [0.5, 0.6) is 0 Å². The van der Waals surface area contributed by atoms with Gasteiger partial charge in [0.15, 0.2) is 0 Å². The Hall–Kier alpha value is -1.34. The fourth-order valence-electron chi connectivity index (χ4n) is 4.32. The summed E-state index contributed by atoms with van der Waals surface area (Å²) in [6.45, 7) is 6.16. The van der Waals surface area contributed by atoms with Gasteiger partial charge in [-0.2, -0.15) is 0 Å².